The molecule has 3 N–H and O–H groups in total. The Morgan fingerprint density at radius 2 is 1.50 bits per heavy atom. The molecule has 0 unspecified atom stereocenters. The number of nitrogens with one attached hydrogen (secondary N) is 2. The van der Waals surface area contributed by atoms with Crippen LogP contribution in [-0.4, -0.2) is 28.6 Å². The summed E-state index contributed by atoms with van der Waals surface area (Å²) in [5.74, 6) is -0.718. The molecule has 3 rings (SSSR count). The summed E-state index contributed by atoms with van der Waals surface area (Å²) in [6.45, 7) is 0. The second-order valence-electron chi connectivity index (χ2n) is 6.01. The normalized spacial score (nSPS) is 13.1. The zero-order chi connectivity index (χ0) is 18.5. The standard InChI is InChI=1S/C19H18N2O4S/c22-17(20-14-5-3-13(4-6-14)19(24)25)11-26-16-9-7-15(8-10-16)21-18(23)12-1-2-12/h3-10,12H,1-2,11H2,(H,20,22)(H,21,23)(H,24,25). The lowest BCUT2D eigenvalue weighted by molar-refractivity contribution is -0.117. The first kappa shape index (κ1) is 18.0. The molecule has 26 heavy (non-hydrogen) atoms. The molecular formula is C19H18N2O4S. The van der Waals surface area contributed by atoms with Gasteiger partial charge in [-0.2, -0.15) is 0 Å². The van der Waals surface area contributed by atoms with Crippen molar-refractivity contribution < 1.29 is 19.5 Å². The van der Waals surface area contributed by atoms with Gasteiger partial charge in [-0.25, -0.2) is 4.79 Å². The fraction of sp³-hybridized carbons (Fsp3) is 0.211. The molecule has 1 fully saturated rings. The molecule has 2 aromatic carbocycles. The Morgan fingerprint density at radius 1 is 0.923 bits per heavy atom. The van der Waals surface area contributed by atoms with E-state index in [9.17, 15) is 14.4 Å². The van der Waals surface area contributed by atoms with Crippen molar-refractivity contribution in [1.29, 1.82) is 0 Å². The second kappa shape index (κ2) is 8.05. The van der Waals surface area contributed by atoms with Gasteiger partial charge in [-0.05, 0) is 61.4 Å². The molecule has 1 aliphatic carbocycles. The van der Waals surface area contributed by atoms with Crippen molar-refractivity contribution in [3.05, 3.63) is 54.1 Å². The first-order valence-electron chi connectivity index (χ1n) is 8.18. The number of amides is 2. The maximum atomic E-state index is 12.0. The molecule has 134 valence electrons. The van der Waals surface area contributed by atoms with Crippen LogP contribution < -0.4 is 10.6 Å². The average molecular weight is 370 g/mol. The van der Waals surface area contributed by atoms with E-state index in [0.717, 1.165) is 23.4 Å². The molecular weight excluding hydrogens is 352 g/mol. The third kappa shape index (κ3) is 5.10. The Bertz CT molecular complexity index is 814. The van der Waals surface area contributed by atoms with Gasteiger partial charge in [0.1, 0.15) is 0 Å². The van der Waals surface area contributed by atoms with E-state index in [1.54, 1.807) is 12.1 Å². The smallest absolute Gasteiger partial charge is 0.335 e. The molecule has 0 radical (unpaired) electrons. The van der Waals surface area contributed by atoms with Crippen LogP contribution in [0.5, 0.6) is 0 Å². The third-order valence-electron chi connectivity index (χ3n) is 3.86. The van der Waals surface area contributed by atoms with E-state index in [0.29, 0.717) is 5.69 Å². The van der Waals surface area contributed by atoms with E-state index in [2.05, 4.69) is 10.6 Å². The molecule has 0 atom stereocenters. The Kier molecular flexibility index (Phi) is 5.58. The number of rotatable bonds is 7. The number of hydrogen-bond acceptors (Lipinski definition) is 4. The molecule has 0 saturated heterocycles. The van der Waals surface area contributed by atoms with E-state index in [1.165, 1.54) is 23.9 Å². The molecule has 2 amide bonds. The molecule has 0 aromatic heterocycles. The van der Waals surface area contributed by atoms with Crippen molar-refractivity contribution in [2.45, 2.75) is 17.7 Å². The second-order valence-corrected chi connectivity index (χ2v) is 7.06. The van der Waals surface area contributed by atoms with Crippen LogP contribution in [-0.2, 0) is 9.59 Å². The van der Waals surface area contributed by atoms with Crippen molar-refractivity contribution in [3.63, 3.8) is 0 Å². The lowest BCUT2D eigenvalue weighted by Crippen LogP contribution is -2.14. The van der Waals surface area contributed by atoms with Crippen LogP contribution in [0.3, 0.4) is 0 Å². The summed E-state index contributed by atoms with van der Waals surface area (Å²) in [4.78, 5) is 35.4. The van der Waals surface area contributed by atoms with Crippen LogP contribution in [0, 0.1) is 5.92 Å². The average Bonchev–Trinajstić information content (AvgIpc) is 3.47. The van der Waals surface area contributed by atoms with E-state index in [-0.39, 0.29) is 29.0 Å². The molecule has 0 spiro atoms. The molecule has 7 heteroatoms. The van der Waals surface area contributed by atoms with Gasteiger partial charge in [0.25, 0.3) is 0 Å². The third-order valence-corrected chi connectivity index (χ3v) is 4.87. The first-order chi connectivity index (χ1) is 12.5. The summed E-state index contributed by atoms with van der Waals surface area (Å²) in [5, 5.41) is 14.4. The molecule has 0 aliphatic heterocycles. The predicted octanol–water partition coefficient (Wildman–Crippen LogP) is 3.46. The Hall–Kier alpha value is -2.80. The maximum Gasteiger partial charge on any atom is 0.335 e. The fourth-order valence-electron chi connectivity index (χ4n) is 2.27. The van der Waals surface area contributed by atoms with Crippen molar-refractivity contribution in [1.82, 2.24) is 0 Å². The summed E-state index contributed by atoms with van der Waals surface area (Å²) < 4.78 is 0. The zero-order valence-corrected chi connectivity index (χ0v) is 14.7. The van der Waals surface area contributed by atoms with Crippen molar-refractivity contribution in [3.8, 4) is 0 Å². The lowest BCUT2D eigenvalue weighted by Gasteiger charge is -2.07. The van der Waals surface area contributed by atoms with Crippen LogP contribution in [0.25, 0.3) is 0 Å². The number of carboxylic acids is 1. The molecule has 0 heterocycles. The van der Waals surface area contributed by atoms with Crippen molar-refractivity contribution >= 4 is 40.9 Å². The molecule has 2 aromatic rings. The molecule has 6 nitrogen and oxygen atoms in total. The van der Waals surface area contributed by atoms with Gasteiger partial charge >= 0.3 is 5.97 Å². The number of carboxylic acid groups (broad SMARTS) is 1. The van der Waals surface area contributed by atoms with E-state index < -0.39 is 5.97 Å². The van der Waals surface area contributed by atoms with Gasteiger partial charge in [0, 0.05) is 22.2 Å². The Labute approximate surface area is 155 Å². The van der Waals surface area contributed by atoms with Crippen LogP contribution in [0.2, 0.25) is 0 Å². The first-order valence-corrected chi connectivity index (χ1v) is 9.17. The highest BCUT2D eigenvalue weighted by molar-refractivity contribution is 8.00. The number of carbonyl (C=O) groups excluding carboxylic acids is 2. The largest absolute Gasteiger partial charge is 0.478 e. The molecule has 1 aliphatic rings. The van der Waals surface area contributed by atoms with Gasteiger partial charge in [0.2, 0.25) is 11.8 Å². The fourth-order valence-corrected chi connectivity index (χ4v) is 2.96. The summed E-state index contributed by atoms with van der Waals surface area (Å²) in [6.07, 6.45) is 1.93. The van der Waals surface area contributed by atoms with Gasteiger partial charge in [0.15, 0.2) is 0 Å². The monoisotopic (exact) mass is 370 g/mol. The van der Waals surface area contributed by atoms with Crippen LogP contribution in [0.1, 0.15) is 23.2 Å². The highest BCUT2D eigenvalue weighted by Crippen LogP contribution is 2.30. The van der Waals surface area contributed by atoms with E-state index in [4.69, 9.17) is 5.11 Å². The summed E-state index contributed by atoms with van der Waals surface area (Å²) in [5.41, 5.74) is 1.49. The number of aromatic carboxylic acids is 1. The van der Waals surface area contributed by atoms with Crippen LogP contribution in [0.15, 0.2) is 53.4 Å². The Balaban J connectivity index is 1.46. The van der Waals surface area contributed by atoms with Gasteiger partial charge in [0.05, 0.1) is 11.3 Å². The summed E-state index contributed by atoms with van der Waals surface area (Å²) >= 11 is 1.38. The van der Waals surface area contributed by atoms with Crippen LogP contribution in [0.4, 0.5) is 11.4 Å². The van der Waals surface area contributed by atoms with Crippen molar-refractivity contribution in [2.24, 2.45) is 5.92 Å². The zero-order valence-electron chi connectivity index (χ0n) is 13.9. The van der Waals surface area contributed by atoms with Gasteiger partial charge in [-0.3, -0.25) is 9.59 Å². The quantitative estimate of drug-likeness (QED) is 0.649. The minimum Gasteiger partial charge on any atom is -0.478 e. The predicted molar refractivity (Wildman–Crippen MR) is 101 cm³/mol. The highest BCUT2D eigenvalue weighted by atomic mass is 32.2. The lowest BCUT2D eigenvalue weighted by atomic mass is 10.2. The molecule has 1 saturated carbocycles. The number of hydrogen-bond donors (Lipinski definition) is 3. The number of benzene rings is 2. The number of thioether (sulfide) groups is 1. The highest BCUT2D eigenvalue weighted by Gasteiger charge is 2.29. The van der Waals surface area contributed by atoms with Gasteiger partial charge < -0.3 is 15.7 Å². The van der Waals surface area contributed by atoms with Gasteiger partial charge in [-0.1, -0.05) is 0 Å². The van der Waals surface area contributed by atoms with Crippen LogP contribution >= 0.6 is 11.8 Å². The topological polar surface area (TPSA) is 95.5 Å². The summed E-state index contributed by atoms with van der Waals surface area (Å²) in [6, 6.07) is 13.4. The van der Waals surface area contributed by atoms with E-state index in [1.807, 2.05) is 24.3 Å². The molecule has 0 bridgehead atoms. The number of anilines is 2. The maximum absolute atomic E-state index is 12.0. The Morgan fingerprint density at radius 3 is 2.08 bits per heavy atom. The van der Waals surface area contributed by atoms with E-state index >= 15 is 0 Å². The minimum absolute atomic E-state index is 0.0682. The van der Waals surface area contributed by atoms with Gasteiger partial charge in [-0.15, -0.1) is 11.8 Å². The number of carbonyl (C=O) groups is 3. The van der Waals surface area contributed by atoms with Crippen molar-refractivity contribution in [2.75, 3.05) is 16.4 Å². The minimum atomic E-state index is -1.00. The SMILES string of the molecule is O=C(CSc1ccc(NC(=O)C2CC2)cc1)Nc1ccc(C(=O)O)cc1. The summed E-state index contributed by atoms with van der Waals surface area (Å²) in [7, 11) is 0.